The Kier molecular flexibility index (Phi) is 6.60. The summed E-state index contributed by atoms with van der Waals surface area (Å²) in [4.78, 5) is 16.0. The second-order valence-corrected chi connectivity index (χ2v) is 5.20. The number of nitrogens with one attached hydrogen (secondary N) is 1. The molecule has 0 unspecified atom stereocenters. The number of amides is 1. The van der Waals surface area contributed by atoms with Crippen LogP contribution >= 0.6 is 0 Å². The minimum atomic E-state index is -0.269. The number of nitrogens with zero attached hydrogens (tertiary/aromatic N) is 2. The summed E-state index contributed by atoms with van der Waals surface area (Å²) in [7, 11) is 0. The van der Waals surface area contributed by atoms with Crippen LogP contribution in [0.15, 0.2) is 0 Å². The molecule has 1 rings (SSSR count). The Labute approximate surface area is 110 Å². The average molecular weight is 257 g/mol. The van der Waals surface area contributed by atoms with Gasteiger partial charge in [0.25, 0.3) is 0 Å². The Morgan fingerprint density at radius 2 is 2.22 bits per heavy atom. The van der Waals surface area contributed by atoms with E-state index in [0.717, 1.165) is 32.7 Å². The summed E-state index contributed by atoms with van der Waals surface area (Å²) in [6, 6.07) is 0.447. The molecule has 5 heteroatoms. The number of carbonyl (C=O) groups is 1. The van der Waals surface area contributed by atoms with Gasteiger partial charge in [-0.3, -0.25) is 9.69 Å². The summed E-state index contributed by atoms with van der Waals surface area (Å²) in [5.74, 6) is 0.136. The highest BCUT2D eigenvalue weighted by atomic mass is 16.3. The monoisotopic (exact) mass is 257 g/mol. The van der Waals surface area contributed by atoms with Gasteiger partial charge in [-0.2, -0.15) is 0 Å². The molecule has 0 bridgehead atoms. The molecule has 5 nitrogen and oxygen atoms in total. The lowest BCUT2D eigenvalue weighted by Crippen LogP contribution is -2.53. The van der Waals surface area contributed by atoms with E-state index in [1.165, 1.54) is 0 Å². The van der Waals surface area contributed by atoms with Crippen molar-refractivity contribution in [3.8, 4) is 0 Å². The molecule has 0 aromatic carbocycles. The van der Waals surface area contributed by atoms with Crippen molar-refractivity contribution in [2.75, 3.05) is 39.3 Å². The molecule has 0 saturated carbocycles. The molecule has 106 valence electrons. The molecule has 1 amide bonds. The number of rotatable bonds is 6. The molecule has 0 aromatic heterocycles. The minimum Gasteiger partial charge on any atom is -0.392 e. The molecule has 1 fully saturated rings. The van der Waals surface area contributed by atoms with E-state index in [1.807, 2.05) is 13.8 Å². The van der Waals surface area contributed by atoms with Crippen LogP contribution in [0.1, 0.15) is 27.2 Å². The second kappa shape index (κ2) is 7.71. The highest BCUT2D eigenvalue weighted by Gasteiger charge is 2.24. The van der Waals surface area contributed by atoms with Crippen LogP contribution in [-0.4, -0.2) is 72.2 Å². The highest BCUT2D eigenvalue weighted by Crippen LogP contribution is 2.10. The zero-order chi connectivity index (χ0) is 13.5. The Balaban J connectivity index is 2.26. The van der Waals surface area contributed by atoms with Crippen LogP contribution in [0.3, 0.4) is 0 Å². The molecule has 1 heterocycles. The lowest BCUT2D eigenvalue weighted by atomic mass is 10.1. The van der Waals surface area contributed by atoms with Gasteiger partial charge in [0, 0.05) is 51.7 Å². The van der Waals surface area contributed by atoms with Crippen molar-refractivity contribution in [3.63, 3.8) is 0 Å². The number of β-amino-alcohol motifs (C(OH)–C–C–N with tert-alkyl or cyclic N) is 1. The highest BCUT2D eigenvalue weighted by molar-refractivity contribution is 5.75. The molecule has 0 aromatic rings. The summed E-state index contributed by atoms with van der Waals surface area (Å²) in [5, 5.41) is 12.2. The van der Waals surface area contributed by atoms with E-state index in [-0.39, 0.29) is 12.0 Å². The predicted octanol–water partition coefficient (Wildman–Crippen LogP) is -0.100. The molecule has 1 aliphatic heterocycles. The topological polar surface area (TPSA) is 55.8 Å². The van der Waals surface area contributed by atoms with Crippen LogP contribution in [0.4, 0.5) is 0 Å². The summed E-state index contributed by atoms with van der Waals surface area (Å²) < 4.78 is 0. The number of hydrogen-bond donors (Lipinski definition) is 2. The van der Waals surface area contributed by atoms with E-state index < -0.39 is 0 Å². The van der Waals surface area contributed by atoms with Crippen molar-refractivity contribution in [1.82, 2.24) is 15.1 Å². The first kappa shape index (κ1) is 15.4. The maximum Gasteiger partial charge on any atom is 0.221 e. The maximum absolute atomic E-state index is 11.4. The molecule has 1 saturated heterocycles. The zero-order valence-corrected chi connectivity index (χ0v) is 11.9. The normalized spacial score (nSPS) is 23.9. The maximum atomic E-state index is 11.4. The Hall–Kier alpha value is -0.650. The first-order valence-electron chi connectivity index (χ1n) is 6.94. The Morgan fingerprint density at radius 3 is 2.78 bits per heavy atom. The van der Waals surface area contributed by atoms with Crippen molar-refractivity contribution in [2.24, 2.45) is 0 Å². The van der Waals surface area contributed by atoms with E-state index in [4.69, 9.17) is 0 Å². The number of aliphatic hydroxyl groups excluding tert-OH is 1. The van der Waals surface area contributed by atoms with Gasteiger partial charge >= 0.3 is 0 Å². The Bertz CT molecular complexity index is 259. The van der Waals surface area contributed by atoms with E-state index >= 15 is 0 Å². The summed E-state index contributed by atoms with van der Waals surface area (Å²) in [5.41, 5.74) is 0. The molecule has 0 radical (unpaired) electrons. The van der Waals surface area contributed by atoms with Gasteiger partial charge < -0.3 is 15.3 Å². The van der Waals surface area contributed by atoms with Crippen LogP contribution in [0, 0.1) is 0 Å². The van der Waals surface area contributed by atoms with Gasteiger partial charge in [0.15, 0.2) is 0 Å². The minimum absolute atomic E-state index is 0.136. The summed E-state index contributed by atoms with van der Waals surface area (Å²) in [6.07, 6.45) is 0.311. The molecular weight excluding hydrogens is 230 g/mol. The molecule has 0 spiro atoms. The first-order valence-corrected chi connectivity index (χ1v) is 6.94. The number of hydrogen-bond acceptors (Lipinski definition) is 4. The van der Waals surface area contributed by atoms with Crippen molar-refractivity contribution in [2.45, 2.75) is 39.3 Å². The fourth-order valence-corrected chi connectivity index (χ4v) is 2.43. The largest absolute Gasteiger partial charge is 0.392 e. The van der Waals surface area contributed by atoms with Crippen LogP contribution in [0.2, 0.25) is 0 Å². The lowest BCUT2D eigenvalue weighted by Gasteiger charge is -2.40. The van der Waals surface area contributed by atoms with Gasteiger partial charge in [-0.05, 0) is 20.8 Å². The standard InChI is InChI=1S/C13H27N3O2/c1-4-14-13(18)5-6-15-7-8-16(10-12(3)17)11(2)9-15/h11-12,17H,4-10H2,1-3H3,(H,14,18)/t11-,12-/m0/s1. The van der Waals surface area contributed by atoms with Crippen LogP contribution in [-0.2, 0) is 4.79 Å². The van der Waals surface area contributed by atoms with Crippen molar-refractivity contribution < 1.29 is 9.90 Å². The lowest BCUT2D eigenvalue weighted by molar-refractivity contribution is -0.121. The second-order valence-electron chi connectivity index (χ2n) is 5.20. The summed E-state index contributed by atoms with van der Waals surface area (Å²) >= 11 is 0. The predicted molar refractivity (Wildman–Crippen MR) is 72.5 cm³/mol. The van der Waals surface area contributed by atoms with Crippen LogP contribution in [0.5, 0.6) is 0 Å². The Morgan fingerprint density at radius 1 is 1.50 bits per heavy atom. The average Bonchev–Trinajstić information content (AvgIpc) is 2.29. The van der Waals surface area contributed by atoms with Gasteiger partial charge in [0.1, 0.15) is 0 Å². The third-order valence-electron chi connectivity index (χ3n) is 3.38. The quantitative estimate of drug-likeness (QED) is 0.698. The first-order chi connectivity index (χ1) is 8.52. The zero-order valence-electron chi connectivity index (χ0n) is 11.9. The van der Waals surface area contributed by atoms with Crippen molar-refractivity contribution in [3.05, 3.63) is 0 Å². The van der Waals surface area contributed by atoms with E-state index in [1.54, 1.807) is 0 Å². The van der Waals surface area contributed by atoms with Gasteiger partial charge in [-0.15, -0.1) is 0 Å². The van der Waals surface area contributed by atoms with Crippen LogP contribution < -0.4 is 5.32 Å². The molecule has 2 atom stereocenters. The number of carbonyl (C=O) groups excluding carboxylic acids is 1. The fraction of sp³-hybridized carbons (Fsp3) is 0.923. The van der Waals surface area contributed by atoms with Crippen LogP contribution in [0.25, 0.3) is 0 Å². The number of aliphatic hydroxyl groups is 1. The van der Waals surface area contributed by atoms with Gasteiger partial charge in [0.2, 0.25) is 5.91 Å². The van der Waals surface area contributed by atoms with Crippen molar-refractivity contribution >= 4 is 5.91 Å². The van der Waals surface area contributed by atoms with E-state index in [9.17, 15) is 9.90 Å². The molecule has 2 N–H and O–H groups in total. The SMILES string of the molecule is CCNC(=O)CCN1CCN(C[C@H](C)O)[C@@H](C)C1. The third-order valence-corrected chi connectivity index (χ3v) is 3.38. The third kappa shape index (κ3) is 5.33. The summed E-state index contributed by atoms with van der Waals surface area (Å²) in [6.45, 7) is 11.2. The molecule has 0 aliphatic carbocycles. The fourth-order valence-electron chi connectivity index (χ4n) is 2.43. The molecule has 1 aliphatic rings. The molecule has 18 heavy (non-hydrogen) atoms. The van der Waals surface area contributed by atoms with E-state index in [0.29, 0.717) is 19.0 Å². The van der Waals surface area contributed by atoms with Crippen molar-refractivity contribution in [1.29, 1.82) is 0 Å². The number of piperazine rings is 1. The van der Waals surface area contributed by atoms with Gasteiger partial charge in [-0.25, -0.2) is 0 Å². The molecular formula is C13H27N3O2. The van der Waals surface area contributed by atoms with E-state index in [2.05, 4.69) is 22.0 Å². The smallest absolute Gasteiger partial charge is 0.221 e. The van der Waals surface area contributed by atoms with Gasteiger partial charge in [-0.1, -0.05) is 0 Å². The van der Waals surface area contributed by atoms with Gasteiger partial charge in [0.05, 0.1) is 6.10 Å².